The van der Waals surface area contributed by atoms with E-state index in [2.05, 4.69) is 9.97 Å². The number of hydrogen-bond donors (Lipinski definition) is 2. The number of fused-ring (bicyclic) bond motifs is 1. The molecule has 1 aliphatic heterocycles. The van der Waals surface area contributed by atoms with Crippen molar-refractivity contribution in [3.63, 3.8) is 0 Å². The number of carbonyl (C=O) groups excluding carboxylic acids is 1. The molecule has 0 spiro atoms. The number of carboxylic acids is 1. The number of aromatic nitrogens is 2. The molecule has 3 rings (SSSR count). The van der Waals surface area contributed by atoms with E-state index < -0.39 is 12.0 Å². The molecule has 114 valence electrons. The van der Waals surface area contributed by atoms with Crippen LogP contribution in [0.25, 0.3) is 0 Å². The van der Waals surface area contributed by atoms with E-state index in [1.54, 1.807) is 18.3 Å². The predicted molar refractivity (Wildman–Crippen MR) is 74.6 cm³/mol. The van der Waals surface area contributed by atoms with Crippen molar-refractivity contribution < 1.29 is 14.7 Å². The van der Waals surface area contributed by atoms with Gasteiger partial charge in [-0.3, -0.25) is 0 Å². The van der Waals surface area contributed by atoms with Crippen LogP contribution in [0.5, 0.6) is 0 Å². The van der Waals surface area contributed by atoms with Crippen molar-refractivity contribution in [3.8, 4) is 0 Å². The highest BCUT2D eigenvalue weighted by molar-refractivity contribution is 5.83. The van der Waals surface area contributed by atoms with E-state index in [4.69, 9.17) is 0 Å². The highest BCUT2D eigenvalue weighted by Crippen LogP contribution is 2.35. The van der Waals surface area contributed by atoms with Crippen LogP contribution in [-0.4, -0.2) is 56.0 Å². The molecular weight excluding hydrogens is 272 g/mol. The standard InChI is InChI=1S/C14H20N4O3/c1-8(9-3-4-9)17(2)14(21)18-6-11-10(15-7-16-11)5-12(18)13(19)20/h7-9,12H,3-6H2,1-2H3,(H,15,16)(H,19,20). The summed E-state index contributed by atoms with van der Waals surface area (Å²) in [6.45, 7) is 2.30. The fraction of sp³-hybridized carbons (Fsp3) is 0.643. The molecule has 2 N–H and O–H groups in total. The van der Waals surface area contributed by atoms with Crippen molar-refractivity contribution in [1.29, 1.82) is 0 Å². The van der Waals surface area contributed by atoms with Crippen LogP contribution in [0.3, 0.4) is 0 Å². The molecular formula is C14H20N4O3. The topological polar surface area (TPSA) is 89.5 Å². The van der Waals surface area contributed by atoms with Crippen LogP contribution in [0.2, 0.25) is 0 Å². The molecule has 1 aromatic heterocycles. The lowest BCUT2D eigenvalue weighted by atomic mass is 10.0. The maximum atomic E-state index is 12.7. The zero-order valence-corrected chi connectivity index (χ0v) is 12.2. The van der Waals surface area contributed by atoms with Gasteiger partial charge in [0, 0.05) is 19.5 Å². The van der Waals surface area contributed by atoms with Gasteiger partial charge in [0.15, 0.2) is 0 Å². The summed E-state index contributed by atoms with van der Waals surface area (Å²) < 4.78 is 0. The first-order valence-electron chi connectivity index (χ1n) is 7.26. The Morgan fingerprint density at radius 2 is 2.24 bits per heavy atom. The van der Waals surface area contributed by atoms with Crippen LogP contribution in [0.1, 0.15) is 31.2 Å². The molecule has 0 bridgehead atoms. The zero-order chi connectivity index (χ0) is 15.1. The molecule has 0 aromatic carbocycles. The van der Waals surface area contributed by atoms with Crippen molar-refractivity contribution in [2.75, 3.05) is 7.05 Å². The van der Waals surface area contributed by atoms with Crippen LogP contribution in [0, 0.1) is 5.92 Å². The van der Waals surface area contributed by atoms with Crippen LogP contribution < -0.4 is 0 Å². The Kier molecular flexibility index (Phi) is 3.35. The molecule has 2 aliphatic rings. The number of urea groups is 1. The fourth-order valence-electron chi connectivity index (χ4n) is 2.93. The molecule has 2 heterocycles. The fourth-order valence-corrected chi connectivity index (χ4v) is 2.93. The first-order valence-corrected chi connectivity index (χ1v) is 7.26. The highest BCUT2D eigenvalue weighted by atomic mass is 16.4. The molecule has 1 fully saturated rings. The maximum absolute atomic E-state index is 12.7. The van der Waals surface area contributed by atoms with Gasteiger partial charge in [-0.25, -0.2) is 14.6 Å². The van der Waals surface area contributed by atoms with E-state index in [-0.39, 0.29) is 25.0 Å². The van der Waals surface area contributed by atoms with E-state index in [1.807, 2.05) is 6.92 Å². The minimum atomic E-state index is -0.982. The van der Waals surface area contributed by atoms with Gasteiger partial charge in [0.2, 0.25) is 0 Å². The van der Waals surface area contributed by atoms with Crippen LogP contribution >= 0.6 is 0 Å². The van der Waals surface area contributed by atoms with Crippen molar-refractivity contribution >= 4 is 12.0 Å². The molecule has 1 aliphatic carbocycles. The number of rotatable bonds is 3. The van der Waals surface area contributed by atoms with Gasteiger partial charge >= 0.3 is 12.0 Å². The first kappa shape index (κ1) is 13.9. The van der Waals surface area contributed by atoms with Gasteiger partial charge in [-0.05, 0) is 25.7 Å². The van der Waals surface area contributed by atoms with Gasteiger partial charge in [-0.15, -0.1) is 0 Å². The summed E-state index contributed by atoms with van der Waals surface area (Å²) in [5.41, 5.74) is 1.57. The third kappa shape index (κ3) is 2.48. The molecule has 7 nitrogen and oxygen atoms in total. The second-order valence-electron chi connectivity index (χ2n) is 5.99. The average Bonchev–Trinajstić information content (AvgIpc) is 3.21. The molecule has 1 saturated carbocycles. The summed E-state index contributed by atoms with van der Waals surface area (Å²) >= 11 is 0. The van der Waals surface area contributed by atoms with E-state index in [1.165, 1.54) is 4.90 Å². The Labute approximate surface area is 122 Å². The van der Waals surface area contributed by atoms with Crippen LogP contribution in [0.15, 0.2) is 6.33 Å². The average molecular weight is 292 g/mol. The summed E-state index contributed by atoms with van der Waals surface area (Å²) in [5, 5.41) is 9.41. The summed E-state index contributed by atoms with van der Waals surface area (Å²) in [6.07, 6.45) is 4.09. The Morgan fingerprint density at radius 3 is 2.86 bits per heavy atom. The van der Waals surface area contributed by atoms with Crippen molar-refractivity contribution in [3.05, 3.63) is 17.7 Å². The number of imidazole rings is 1. The lowest BCUT2D eigenvalue weighted by Crippen LogP contribution is -2.54. The third-order valence-corrected chi connectivity index (χ3v) is 4.65. The quantitative estimate of drug-likeness (QED) is 0.872. The normalized spacial score (nSPS) is 22.6. The lowest BCUT2D eigenvalue weighted by Gasteiger charge is -2.37. The summed E-state index contributed by atoms with van der Waals surface area (Å²) in [5.74, 6) is -0.431. The van der Waals surface area contributed by atoms with E-state index in [0.29, 0.717) is 5.92 Å². The van der Waals surface area contributed by atoms with Crippen LogP contribution in [0.4, 0.5) is 4.79 Å². The molecule has 7 heteroatoms. The summed E-state index contributed by atoms with van der Waals surface area (Å²) in [7, 11) is 1.76. The third-order valence-electron chi connectivity index (χ3n) is 4.65. The van der Waals surface area contributed by atoms with Gasteiger partial charge in [-0.2, -0.15) is 0 Å². The zero-order valence-electron chi connectivity index (χ0n) is 12.2. The molecule has 2 atom stereocenters. The van der Waals surface area contributed by atoms with Gasteiger partial charge < -0.3 is 19.9 Å². The lowest BCUT2D eigenvalue weighted by molar-refractivity contribution is -0.143. The second kappa shape index (κ2) is 5.05. The number of nitrogens with zero attached hydrogens (tertiary/aromatic N) is 3. The molecule has 2 amide bonds. The Bertz CT molecular complexity index is 566. The van der Waals surface area contributed by atoms with Gasteiger partial charge in [0.25, 0.3) is 0 Å². The van der Waals surface area contributed by atoms with Crippen molar-refractivity contribution in [2.45, 2.75) is 44.8 Å². The number of aliphatic carboxylic acids is 1. The number of hydrogen-bond acceptors (Lipinski definition) is 3. The molecule has 2 unspecified atom stereocenters. The summed E-state index contributed by atoms with van der Waals surface area (Å²) in [4.78, 5) is 34.4. The SMILES string of the molecule is CC(C1CC1)N(C)C(=O)N1Cc2[nH]cnc2CC1C(=O)O. The Hall–Kier alpha value is -2.05. The smallest absolute Gasteiger partial charge is 0.326 e. The van der Waals surface area contributed by atoms with E-state index >= 15 is 0 Å². The van der Waals surface area contributed by atoms with Gasteiger partial charge in [0.1, 0.15) is 6.04 Å². The number of carboxylic acid groups (broad SMARTS) is 1. The number of amides is 2. The first-order chi connectivity index (χ1) is 9.99. The monoisotopic (exact) mass is 292 g/mol. The molecule has 0 saturated heterocycles. The molecule has 1 aromatic rings. The number of carbonyl (C=O) groups is 2. The Morgan fingerprint density at radius 1 is 1.52 bits per heavy atom. The van der Waals surface area contributed by atoms with E-state index in [0.717, 1.165) is 24.2 Å². The van der Waals surface area contributed by atoms with Crippen LogP contribution in [-0.2, 0) is 17.8 Å². The van der Waals surface area contributed by atoms with Gasteiger partial charge in [-0.1, -0.05) is 0 Å². The minimum absolute atomic E-state index is 0.148. The predicted octanol–water partition coefficient (Wildman–Crippen LogP) is 1.07. The van der Waals surface area contributed by atoms with Crippen molar-refractivity contribution in [1.82, 2.24) is 19.8 Å². The molecule has 0 radical (unpaired) electrons. The summed E-state index contributed by atoms with van der Waals surface area (Å²) in [6, 6.07) is -0.917. The maximum Gasteiger partial charge on any atom is 0.326 e. The van der Waals surface area contributed by atoms with Gasteiger partial charge in [0.05, 0.1) is 24.3 Å². The largest absolute Gasteiger partial charge is 0.480 e. The Balaban J connectivity index is 1.81. The molecule has 21 heavy (non-hydrogen) atoms. The second-order valence-corrected chi connectivity index (χ2v) is 5.99. The minimum Gasteiger partial charge on any atom is -0.480 e. The highest BCUT2D eigenvalue weighted by Gasteiger charge is 2.40. The number of H-pyrrole nitrogens is 1. The number of nitrogens with one attached hydrogen (secondary N) is 1. The van der Waals surface area contributed by atoms with E-state index in [9.17, 15) is 14.7 Å². The number of aromatic amines is 1. The van der Waals surface area contributed by atoms with Crippen molar-refractivity contribution in [2.24, 2.45) is 5.92 Å².